The minimum Gasteiger partial charge on any atom is -0.465 e. The van der Waals surface area contributed by atoms with Crippen molar-refractivity contribution in [3.8, 4) is 5.75 Å². The first-order chi connectivity index (χ1) is 15.1. The number of carbonyl (C=O) groups excluding carboxylic acids is 2. The molecule has 0 heterocycles. The van der Waals surface area contributed by atoms with Gasteiger partial charge in [-0.2, -0.15) is 21.6 Å². The summed E-state index contributed by atoms with van der Waals surface area (Å²) in [6.45, 7) is 4.88. The Morgan fingerprint density at radius 2 is 1.67 bits per heavy atom. The molecule has 11 heteroatoms. The van der Waals surface area contributed by atoms with Gasteiger partial charge in [0.2, 0.25) is 0 Å². The van der Waals surface area contributed by atoms with Crippen LogP contribution >= 0.6 is 0 Å². The molecule has 1 aliphatic carbocycles. The van der Waals surface area contributed by atoms with Gasteiger partial charge in [-0.05, 0) is 57.7 Å². The number of benzene rings is 1. The van der Waals surface area contributed by atoms with Gasteiger partial charge in [0.1, 0.15) is 5.60 Å². The quantitative estimate of drug-likeness (QED) is 0.236. The molecule has 1 fully saturated rings. The Morgan fingerprint density at radius 3 is 2.18 bits per heavy atom. The highest BCUT2D eigenvalue weighted by molar-refractivity contribution is 7.88. The summed E-state index contributed by atoms with van der Waals surface area (Å²) < 4.78 is 77.5. The van der Waals surface area contributed by atoms with Gasteiger partial charge in [0, 0.05) is 17.2 Å². The molecule has 0 atom stereocenters. The summed E-state index contributed by atoms with van der Waals surface area (Å²) in [6.07, 6.45) is 5.62. The van der Waals surface area contributed by atoms with E-state index in [-0.39, 0.29) is 22.6 Å². The maximum Gasteiger partial charge on any atom is 0.534 e. The normalized spacial score (nSPS) is 16.0. The van der Waals surface area contributed by atoms with Crippen molar-refractivity contribution < 1.29 is 44.8 Å². The van der Waals surface area contributed by atoms with E-state index in [1.54, 1.807) is 20.8 Å². The van der Waals surface area contributed by atoms with Gasteiger partial charge in [-0.1, -0.05) is 19.3 Å². The standard InChI is InChI=1S/C22H27F3O7S/c1-21(2,3)31-18(26)11-10-15-12-16(20(27)30-4)13-17(14-8-6-5-7-9-14)19(15)32-33(28,29)22(23,24)25/h10-14H,5-9H2,1-4H3/b11-10+. The Balaban J connectivity index is 2.68. The van der Waals surface area contributed by atoms with Crippen molar-refractivity contribution in [2.45, 2.75) is 69.9 Å². The topological polar surface area (TPSA) is 96.0 Å². The maximum absolute atomic E-state index is 13.1. The van der Waals surface area contributed by atoms with Crippen LogP contribution in [0.4, 0.5) is 13.2 Å². The molecule has 0 unspecified atom stereocenters. The Labute approximate surface area is 191 Å². The van der Waals surface area contributed by atoms with E-state index in [1.807, 2.05) is 0 Å². The largest absolute Gasteiger partial charge is 0.534 e. The second-order valence-electron chi connectivity index (χ2n) is 8.66. The zero-order chi connectivity index (χ0) is 25.0. The van der Waals surface area contributed by atoms with Crippen LogP contribution in [0, 0.1) is 0 Å². The summed E-state index contributed by atoms with van der Waals surface area (Å²) in [6, 6.07) is 2.40. The molecule has 0 N–H and O–H groups in total. The molecule has 2 rings (SSSR count). The van der Waals surface area contributed by atoms with Crippen molar-refractivity contribution >= 4 is 28.1 Å². The summed E-state index contributed by atoms with van der Waals surface area (Å²) in [5, 5.41) is 0. The Hall–Kier alpha value is -2.56. The number of halogens is 3. The smallest absolute Gasteiger partial charge is 0.465 e. The number of ether oxygens (including phenoxy) is 2. The Kier molecular flexibility index (Phi) is 8.21. The molecule has 0 spiro atoms. The molecule has 184 valence electrons. The molecule has 0 aromatic heterocycles. The van der Waals surface area contributed by atoms with Crippen LogP contribution < -0.4 is 4.18 Å². The minimum atomic E-state index is -6.01. The zero-order valence-corrected chi connectivity index (χ0v) is 19.6. The predicted octanol–water partition coefficient (Wildman–Crippen LogP) is 5.10. The fourth-order valence-electron chi connectivity index (χ4n) is 3.50. The van der Waals surface area contributed by atoms with Crippen LogP contribution in [0.5, 0.6) is 5.75 Å². The summed E-state index contributed by atoms with van der Waals surface area (Å²) in [4.78, 5) is 24.3. The highest BCUT2D eigenvalue weighted by Gasteiger charge is 2.49. The average Bonchev–Trinajstić information content (AvgIpc) is 2.70. The van der Waals surface area contributed by atoms with E-state index in [2.05, 4.69) is 4.18 Å². The molecule has 33 heavy (non-hydrogen) atoms. The number of esters is 2. The maximum atomic E-state index is 13.1. The summed E-state index contributed by atoms with van der Waals surface area (Å²) >= 11 is 0. The van der Waals surface area contributed by atoms with E-state index in [0.29, 0.717) is 12.8 Å². The van der Waals surface area contributed by atoms with E-state index < -0.39 is 38.9 Å². The summed E-state index contributed by atoms with van der Waals surface area (Å²) in [5.41, 5.74) is -6.57. The molecule has 7 nitrogen and oxygen atoms in total. The molecular weight excluding hydrogens is 465 g/mol. The van der Waals surface area contributed by atoms with Gasteiger partial charge in [-0.25, -0.2) is 9.59 Å². The number of hydrogen-bond acceptors (Lipinski definition) is 7. The molecule has 0 bridgehead atoms. The second-order valence-corrected chi connectivity index (χ2v) is 10.2. The van der Waals surface area contributed by atoms with Crippen LogP contribution in [0.3, 0.4) is 0 Å². The third-order valence-corrected chi connectivity index (χ3v) is 5.85. The average molecular weight is 493 g/mol. The molecule has 0 amide bonds. The van der Waals surface area contributed by atoms with Crippen LogP contribution in [0.1, 0.15) is 80.3 Å². The van der Waals surface area contributed by atoms with Crippen molar-refractivity contribution in [1.29, 1.82) is 0 Å². The van der Waals surface area contributed by atoms with E-state index in [9.17, 15) is 31.2 Å². The van der Waals surface area contributed by atoms with Crippen molar-refractivity contribution in [2.75, 3.05) is 7.11 Å². The van der Waals surface area contributed by atoms with Gasteiger partial charge in [-0.15, -0.1) is 0 Å². The van der Waals surface area contributed by atoms with Crippen molar-refractivity contribution in [3.05, 3.63) is 34.9 Å². The Bertz CT molecular complexity index is 1020. The van der Waals surface area contributed by atoms with Crippen LogP contribution in [-0.4, -0.2) is 38.6 Å². The number of carbonyl (C=O) groups is 2. The molecule has 0 saturated heterocycles. The predicted molar refractivity (Wildman–Crippen MR) is 114 cm³/mol. The van der Waals surface area contributed by atoms with Gasteiger partial charge < -0.3 is 13.7 Å². The molecule has 1 aromatic carbocycles. The van der Waals surface area contributed by atoms with Gasteiger partial charge in [0.05, 0.1) is 12.7 Å². The summed E-state index contributed by atoms with van der Waals surface area (Å²) in [7, 11) is -4.87. The zero-order valence-electron chi connectivity index (χ0n) is 18.8. The molecular formula is C22H27F3O7S. The summed E-state index contributed by atoms with van der Waals surface area (Å²) in [5.74, 6) is -2.50. The highest BCUT2D eigenvalue weighted by Crippen LogP contribution is 2.42. The van der Waals surface area contributed by atoms with E-state index in [0.717, 1.165) is 44.6 Å². The third kappa shape index (κ3) is 7.21. The number of alkyl halides is 3. The molecule has 1 aromatic rings. The van der Waals surface area contributed by atoms with Crippen LogP contribution in [0.15, 0.2) is 18.2 Å². The van der Waals surface area contributed by atoms with Gasteiger partial charge in [0.15, 0.2) is 5.75 Å². The lowest BCUT2D eigenvalue weighted by molar-refractivity contribution is -0.148. The van der Waals surface area contributed by atoms with E-state index in [4.69, 9.17) is 9.47 Å². The third-order valence-electron chi connectivity index (χ3n) is 4.89. The van der Waals surface area contributed by atoms with Crippen LogP contribution in [0.25, 0.3) is 6.08 Å². The first kappa shape index (κ1) is 26.7. The second kappa shape index (κ2) is 10.1. The molecule has 1 saturated carbocycles. The van der Waals surface area contributed by atoms with E-state index >= 15 is 0 Å². The Morgan fingerprint density at radius 1 is 1.06 bits per heavy atom. The molecule has 1 aliphatic rings. The molecule has 0 radical (unpaired) electrons. The first-order valence-corrected chi connectivity index (χ1v) is 11.7. The number of methoxy groups -OCH3 is 1. The highest BCUT2D eigenvalue weighted by atomic mass is 32.2. The van der Waals surface area contributed by atoms with Gasteiger partial charge >= 0.3 is 27.6 Å². The first-order valence-electron chi connectivity index (χ1n) is 10.3. The van der Waals surface area contributed by atoms with Crippen LogP contribution in [-0.2, 0) is 24.4 Å². The molecule has 0 aliphatic heterocycles. The fraction of sp³-hybridized carbons (Fsp3) is 0.545. The van der Waals surface area contributed by atoms with E-state index in [1.165, 1.54) is 6.07 Å². The lowest BCUT2D eigenvalue weighted by atomic mass is 9.82. The monoisotopic (exact) mass is 492 g/mol. The fourth-order valence-corrected chi connectivity index (χ4v) is 4.00. The van der Waals surface area contributed by atoms with Crippen molar-refractivity contribution in [2.24, 2.45) is 0 Å². The minimum absolute atomic E-state index is 0.0151. The SMILES string of the molecule is COC(=O)c1cc(/C=C/C(=O)OC(C)(C)C)c(OS(=O)(=O)C(F)(F)F)c(C2CCCCC2)c1. The lowest BCUT2D eigenvalue weighted by Crippen LogP contribution is -2.29. The van der Waals surface area contributed by atoms with Crippen molar-refractivity contribution in [1.82, 2.24) is 0 Å². The van der Waals surface area contributed by atoms with Gasteiger partial charge in [0.25, 0.3) is 0 Å². The van der Waals surface area contributed by atoms with Gasteiger partial charge in [-0.3, -0.25) is 0 Å². The lowest BCUT2D eigenvalue weighted by Gasteiger charge is -2.25. The number of rotatable bonds is 6. The number of hydrogen-bond donors (Lipinski definition) is 0. The van der Waals surface area contributed by atoms with Crippen molar-refractivity contribution in [3.63, 3.8) is 0 Å². The van der Waals surface area contributed by atoms with Crippen LogP contribution in [0.2, 0.25) is 0 Å².